The molecule has 40 heavy (non-hydrogen) atoms. The van der Waals surface area contributed by atoms with Gasteiger partial charge in [0.25, 0.3) is 5.91 Å². The summed E-state index contributed by atoms with van der Waals surface area (Å²) >= 11 is 0. The number of piperazine rings is 1. The second-order valence-electron chi connectivity index (χ2n) is 10.4. The summed E-state index contributed by atoms with van der Waals surface area (Å²) < 4.78 is 13.8. The van der Waals surface area contributed by atoms with Gasteiger partial charge in [0, 0.05) is 38.3 Å². The standard InChI is InChI=1S/C31H32N4O5/c1-21-5-2-3-8-28(21)40-24-7-4-6-22(17-24)30(36)34-14-12-33(13-15-34)20-29-32-26-10-9-23(31(37)38)18-27(26)35(29)19-25-11-16-39-25/h2-10,17-18,25H,11-16,19-20H2,1H3,(H,37,38)/t25-/m0/s1. The molecule has 6 rings (SSSR count). The van der Waals surface area contributed by atoms with Crippen molar-refractivity contribution in [3.63, 3.8) is 0 Å². The zero-order chi connectivity index (χ0) is 27.6. The second-order valence-corrected chi connectivity index (χ2v) is 10.4. The Morgan fingerprint density at radius 3 is 2.52 bits per heavy atom. The number of nitrogens with zero attached hydrogens (tertiary/aromatic N) is 4. The Kier molecular flexibility index (Phi) is 7.23. The van der Waals surface area contributed by atoms with Gasteiger partial charge in [-0.25, -0.2) is 9.78 Å². The monoisotopic (exact) mass is 540 g/mol. The van der Waals surface area contributed by atoms with Crippen LogP contribution in [0.25, 0.3) is 11.0 Å². The molecule has 9 heteroatoms. The highest BCUT2D eigenvalue weighted by Crippen LogP contribution is 2.27. The van der Waals surface area contributed by atoms with Crippen molar-refractivity contribution in [2.24, 2.45) is 0 Å². The molecule has 1 atom stereocenters. The van der Waals surface area contributed by atoms with Gasteiger partial charge in [-0.05, 0) is 61.4 Å². The molecule has 0 saturated carbocycles. The van der Waals surface area contributed by atoms with Crippen LogP contribution in [0.15, 0.2) is 66.7 Å². The van der Waals surface area contributed by atoms with Crippen molar-refractivity contribution in [2.45, 2.75) is 32.5 Å². The molecule has 206 valence electrons. The molecular weight excluding hydrogens is 508 g/mol. The molecule has 2 fully saturated rings. The van der Waals surface area contributed by atoms with Crippen LogP contribution in [-0.4, -0.2) is 75.2 Å². The van der Waals surface area contributed by atoms with Gasteiger partial charge in [-0.1, -0.05) is 24.3 Å². The minimum atomic E-state index is -0.954. The molecule has 0 aliphatic carbocycles. The van der Waals surface area contributed by atoms with E-state index in [4.69, 9.17) is 14.5 Å². The van der Waals surface area contributed by atoms with Crippen molar-refractivity contribution >= 4 is 22.9 Å². The van der Waals surface area contributed by atoms with Crippen molar-refractivity contribution in [3.8, 4) is 11.5 Å². The van der Waals surface area contributed by atoms with Gasteiger partial charge in [0.2, 0.25) is 0 Å². The van der Waals surface area contributed by atoms with Crippen molar-refractivity contribution in [1.82, 2.24) is 19.4 Å². The van der Waals surface area contributed by atoms with E-state index in [2.05, 4.69) is 9.47 Å². The molecule has 0 bridgehead atoms. The van der Waals surface area contributed by atoms with E-state index in [1.807, 2.05) is 54.3 Å². The van der Waals surface area contributed by atoms with E-state index in [-0.39, 0.29) is 17.6 Å². The number of carbonyl (C=O) groups excluding carboxylic acids is 1. The number of aromatic nitrogens is 2. The summed E-state index contributed by atoms with van der Waals surface area (Å²) in [6.45, 7) is 6.66. The largest absolute Gasteiger partial charge is 0.478 e. The fraction of sp³-hybridized carbons (Fsp3) is 0.323. The number of carbonyl (C=O) groups is 2. The van der Waals surface area contributed by atoms with Gasteiger partial charge < -0.3 is 24.0 Å². The van der Waals surface area contributed by atoms with E-state index in [0.717, 1.165) is 41.2 Å². The van der Waals surface area contributed by atoms with E-state index in [1.165, 1.54) is 0 Å². The molecule has 1 aromatic heterocycles. The number of ether oxygens (including phenoxy) is 2. The molecule has 2 saturated heterocycles. The lowest BCUT2D eigenvalue weighted by Crippen LogP contribution is -2.48. The van der Waals surface area contributed by atoms with Crippen LogP contribution in [0, 0.1) is 6.92 Å². The van der Waals surface area contributed by atoms with Crippen molar-refractivity contribution in [3.05, 3.63) is 89.2 Å². The Morgan fingerprint density at radius 1 is 1.00 bits per heavy atom. The first-order chi connectivity index (χ1) is 19.4. The van der Waals surface area contributed by atoms with E-state index in [9.17, 15) is 14.7 Å². The number of imidazole rings is 1. The van der Waals surface area contributed by atoms with E-state index >= 15 is 0 Å². The molecule has 0 spiro atoms. The average molecular weight is 541 g/mol. The number of amides is 1. The Morgan fingerprint density at radius 2 is 1.80 bits per heavy atom. The van der Waals surface area contributed by atoms with Gasteiger partial charge in [0.05, 0.1) is 35.8 Å². The summed E-state index contributed by atoms with van der Waals surface area (Å²) in [6.07, 6.45) is 1.10. The molecule has 1 N–H and O–H groups in total. The van der Waals surface area contributed by atoms with Gasteiger partial charge in [-0.3, -0.25) is 9.69 Å². The highest BCUT2D eigenvalue weighted by molar-refractivity contribution is 5.95. The fourth-order valence-corrected chi connectivity index (χ4v) is 5.24. The fourth-order valence-electron chi connectivity index (χ4n) is 5.24. The third kappa shape index (κ3) is 5.43. The summed E-state index contributed by atoms with van der Waals surface area (Å²) in [7, 11) is 0. The predicted molar refractivity (Wildman–Crippen MR) is 150 cm³/mol. The number of carboxylic acid groups (broad SMARTS) is 1. The number of hydrogen-bond acceptors (Lipinski definition) is 6. The van der Waals surface area contributed by atoms with Crippen molar-refractivity contribution in [1.29, 1.82) is 0 Å². The third-order valence-corrected chi connectivity index (χ3v) is 7.68. The quantitative estimate of drug-likeness (QED) is 0.349. The molecule has 0 unspecified atom stereocenters. The maximum absolute atomic E-state index is 13.3. The van der Waals surface area contributed by atoms with E-state index in [1.54, 1.807) is 24.3 Å². The smallest absolute Gasteiger partial charge is 0.335 e. The molecular formula is C31H32N4O5. The first kappa shape index (κ1) is 26.0. The normalized spacial score (nSPS) is 17.5. The van der Waals surface area contributed by atoms with Gasteiger partial charge >= 0.3 is 5.97 Å². The molecule has 2 aliphatic heterocycles. The van der Waals surface area contributed by atoms with Crippen LogP contribution in [0.3, 0.4) is 0 Å². The number of fused-ring (bicyclic) bond motifs is 1. The first-order valence-electron chi connectivity index (χ1n) is 13.6. The minimum absolute atomic E-state index is 0.00884. The Hall–Kier alpha value is -4.21. The van der Waals surface area contributed by atoms with Crippen molar-refractivity contribution in [2.75, 3.05) is 32.8 Å². The number of aryl methyl sites for hydroxylation is 1. The summed E-state index contributed by atoms with van der Waals surface area (Å²) in [6, 6.07) is 20.2. The second kappa shape index (κ2) is 11.1. The van der Waals surface area contributed by atoms with Crippen LogP contribution in [0.1, 0.15) is 38.5 Å². The van der Waals surface area contributed by atoms with Crippen LogP contribution in [0.4, 0.5) is 0 Å². The lowest BCUT2D eigenvalue weighted by Gasteiger charge is -2.35. The number of aromatic carboxylic acids is 1. The highest BCUT2D eigenvalue weighted by Gasteiger charge is 2.26. The summed E-state index contributed by atoms with van der Waals surface area (Å²) in [5, 5.41) is 9.48. The lowest BCUT2D eigenvalue weighted by molar-refractivity contribution is -0.0592. The van der Waals surface area contributed by atoms with E-state index in [0.29, 0.717) is 50.6 Å². The zero-order valence-electron chi connectivity index (χ0n) is 22.5. The number of benzene rings is 3. The van der Waals surface area contributed by atoms with Gasteiger partial charge in [0.15, 0.2) is 0 Å². The number of carboxylic acids is 1. The third-order valence-electron chi connectivity index (χ3n) is 7.68. The molecule has 4 aromatic rings. The average Bonchev–Trinajstić information content (AvgIpc) is 3.28. The lowest BCUT2D eigenvalue weighted by atomic mass is 10.1. The topological polar surface area (TPSA) is 97.1 Å². The molecule has 0 radical (unpaired) electrons. The number of hydrogen-bond donors (Lipinski definition) is 1. The molecule has 3 heterocycles. The van der Waals surface area contributed by atoms with Crippen LogP contribution >= 0.6 is 0 Å². The van der Waals surface area contributed by atoms with Crippen LogP contribution in [0.5, 0.6) is 11.5 Å². The molecule has 1 amide bonds. The molecule has 3 aromatic carbocycles. The van der Waals surface area contributed by atoms with Crippen LogP contribution < -0.4 is 4.74 Å². The van der Waals surface area contributed by atoms with Gasteiger partial charge in [0.1, 0.15) is 17.3 Å². The predicted octanol–water partition coefficient (Wildman–Crippen LogP) is 4.58. The van der Waals surface area contributed by atoms with Crippen molar-refractivity contribution < 1.29 is 24.2 Å². The SMILES string of the molecule is Cc1ccccc1Oc1cccc(C(=O)N2CCN(Cc3nc4ccc(C(=O)O)cc4n3C[C@@H]3CCO3)CC2)c1. The van der Waals surface area contributed by atoms with Gasteiger partial charge in [-0.2, -0.15) is 0 Å². The maximum atomic E-state index is 13.3. The summed E-state index contributed by atoms with van der Waals surface area (Å²) in [5.74, 6) is 1.33. The summed E-state index contributed by atoms with van der Waals surface area (Å²) in [5.41, 5.74) is 3.48. The number of rotatable bonds is 8. The highest BCUT2D eigenvalue weighted by atomic mass is 16.5. The number of para-hydroxylation sites is 1. The van der Waals surface area contributed by atoms with Gasteiger partial charge in [-0.15, -0.1) is 0 Å². The summed E-state index contributed by atoms with van der Waals surface area (Å²) in [4.78, 5) is 33.9. The van der Waals surface area contributed by atoms with E-state index < -0.39 is 5.97 Å². The van der Waals surface area contributed by atoms with Crippen LogP contribution in [-0.2, 0) is 17.8 Å². The Balaban J connectivity index is 1.12. The first-order valence-corrected chi connectivity index (χ1v) is 13.6. The van der Waals surface area contributed by atoms with Crippen LogP contribution in [0.2, 0.25) is 0 Å². The Bertz CT molecular complexity index is 1550. The molecule has 2 aliphatic rings. The Labute approximate surface area is 232 Å². The maximum Gasteiger partial charge on any atom is 0.335 e. The molecule has 9 nitrogen and oxygen atoms in total. The minimum Gasteiger partial charge on any atom is -0.478 e. The zero-order valence-corrected chi connectivity index (χ0v) is 22.5.